The Labute approximate surface area is 234 Å². The summed E-state index contributed by atoms with van der Waals surface area (Å²) in [5.74, 6) is -5.01. The van der Waals surface area contributed by atoms with Gasteiger partial charge in [0.05, 0.1) is 26.7 Å². The summed E-state index contributed by atoms with van der Waals surface area (Å²) >= 11 is 0. The first kappa shape index (κ1) is 32.3. The molecular formula is C31H37NO8-2. The van der Waals surface area contributed by atoms with E-state index in [1.807, 2.05) is 12.1 Å². The van der Waals surface area contributed by atoms with Crippen LogP contribution in [-0.2, 0) is 27.2 Å². The van der Waals surface area contributed by atoms with Gasteiger partial charge in [-0.2, -0.15) is 0 Å². The molecule has 0 amide bonds. The maximum Gasteiger partial charge on any atom is 0.179 e. The van der Waals surface area contributed by atoms with Gasteiger partial charge in [-0.3, -0.25) is 0 Å². The SMILES string of the molecule is CCCc1ccc2c(CCCC[NH+](C)c3ccccc3OC)cccc2c1.O=C([O-])CC(O)(CC(=O)[O-])C(=O)[O-]. The maximum absolute atomic E-state index is 10.1. The van der Waals surface area contributed by atoms with Gasteiger partial charge in [0.1, 0.15) is 5.60 Å². The van der Waals surface area contributed by atoms with Crippen LogP contribution in [0.25, 0.3) is 10.8 Å². The Morgan fingerprint density at radius 1 is 0.900 bits per heavy atom. The van der Waals surface area contributed by atoms with E-state index in [1.165, 1.54) is 51.7 Å². The summed E-state index contributed by atoms with van der Waals surface area (Å²) in [7, 11) is 3.98. The van der Waals surface area contributed by atoms with Gasteiger partial charge in [-0.15, -0.1) is 0 Å². The number of hydrogen-bond acceptors (Lipinski definition) is 8. The molecule has 0 aliphatic rings. The Bertz CT molecular complexity index is 1270. The number of aliphatic carboxylic acids is 3. The monoisotopic (exact) mass is 551 g/mol. The molecule has 40 heavy (non-hydrogen) atoms. The number of ether oxygens (including phenoxy) is 1. The number of methoxy groups -OCH3 is 1. The molecule has 0 heterocycles. The number of benzene rings is 3. The van der Waals surface area contributed by atoms with Crippen molar-refractivity contribution < 1.29 is 44.4 Å². The number of fused-ring (bicyclic) bond motifs is 1. The number of hydrogen-bond donors (Lipinski definition) is 2. The zero-order chi connectivity index (χ0) is 29.7. The van der Waals surface area contributed by atoms with Crippen molar-refractivity contribution in [2.45, 2.75) is 57.5 Å². The Hall–Kier alpha value is -3.95. The highest BCUT2D eigenvalue weighted by atomic mass is 16.5. The van der Waals surface area contributed by atoms with Gasteiger partial charge in [0.25, 0.3) is 0 Å². The van der Waals surface area contributed by atoms with E-state index in [-0.39, 0.29) is 0 Å². The molecule has 0 aliphatic heterocycles. The first-order valence-electron chi connectivity index (χ1n) is 13.3. The first-order valence-corrected chi connectivity index (χ1v) is 13.3. The Morgan fingerprint density at radius 3 is 2.17 bits per heavy atom. The number of aliphatic hydroxyl groups is 1. The van der Waals surface area contributed by atoms with Crippen LogP contribution in [0.4, 0.5) is 5.69 Å². The molecule has 9 heteroatoms. The van der Waals surface area contributed by atoms with Crippen LogP contribution in [0, 0.1) is 0 Å². The highest BCUT2D eigenvalue weighted by Crippen LogP contribution is 2.23. The number of para-hydroxylation sites is 2. The van der Waals surface area contributed by atoms with E-state index in [4.69, 9.17) is 9.84 Å². The number of unbranched alkanes of at least 4 members (excludes halogenated alkanes) is 1. The number of carboxylic acid groups (broad SMARTS) is 3. The van der Waals surface area contributed by atoms with Gasteiger partial charge < -0.3 is 44.4 Å². The number of rotatable bonds is 14. The van der Waals surface area contributed by atoms with Crippen molar-refractivity contribution in [3.8, 4) is 5.75 Å². The summed E-state index contributed by atoms with van der Waals surface area (Å²) in [6.45, 7) is 3.36. The first-order chi connectivity index (χ1) is 19.0. The van der Waals surface area contributed by atoms with Gasteiger partial charge in [-0.05, 0) is 53.6 Å². The molecule has 9 nitrogen and oxygen atoms in total. The molecule has 3 aromatic carbocycles. The van der Waals surface area contributed by atoms with Crippen molar-refractivity contribution in [1.82, 2.24) is 0 Å². The van der Waals surface area contributed by atoms with Crippen LogP contribution in [0.1, 0.15) is 50.2 Å². The summed E-state index contributed by atoms with van der Waals surface area (Å²) in [6, 6.07) is 22.1. The molecule has 3 aromatic rings. The van der Waals surface area contributed by atoms with Gasteiger partial charge in [0.2, 0.25) is 0 Å². The Balaban J connectivity index is 0.000000366. The summed E-state index contributed by atoms with van der Waals surface area (Å²) in [4.78, 5) is 31.4. The molecule has 0 saturated heterocycles. The number of aryl methyl sites for hydroxylation is 2. The summed E-state index contributed by atoms with van der Waals surface area (Å²) in [5.41, 5.74) is 1.20. The molecular weight excluding hydrogens is 514 g/mol. The average Bonchev–Trinajstić information content (AvgIpc) is 2.90. The normalized spacial score (nSPS) is 11.8. The quantitative estimate of drug-likeness (QED) is 0.259. The van der Waals surface area contributed by atoms with Crippen LogP contribution in [-0.4, -0.2) is 49.3 Å². The van der Waals surface area contributed by atoms with E-state index >= 15 is 0 Å². The minimum Gasteiger partial charge on any atom is -0.550 e. The maximum atomic E-state index is 10.1. The lowest BCUT2D eigenvalue weighted by atomic mass is 9.96. The lowest BCUT2D eigenvalue weighted by Gasteiger charge is -2.29. The van der Waals surface area contributed by atoms with E-state index in [2.05, 4.69) is 62.5 Å². The molecule has 0 aliphatic carbocycles. The zero-order valence-electron chi connectivity index (χ0n) is 23.2. The van der Waals surface area contributed by atoms with Crippen molar-refractivity contribution in [2.24, 2.45) is 0 Å². The number of quaternary nitrogens is 1. The number of nitrogens with one attached hydrogen (secondary N) is 1. The van der Waals surface area contributed by atoms with Gasteiger partial charge in [-0.25, -0.2) is 0 Å². The van der Waals surface area contributed by atoms with Gasteiger partial charge in [0.15, 0.2) is 11.4 Å². The van der Waals surface area contributed by atoms with Crippen LogP contribution >= 0.6 is 0 Å². The highest BCUT2D eigenvalue weighted by molar-refractivity contribution is 5.87. The number of carbonyl (C=O) groups is 3. The third-order valence-corrected chi connectivity index (χ3v) is 6.64. The van der Waals surface area contributed by atoms with Gasteiger partial charge in [-0.1, -0.05) is 61.9 Å². The molecule has 216 valence electrons. The molecule has 0 radical (unpaired) electrons. The second-order valence-corrected chi connectivity index (χ2v) is 9.83. The molecule has 0 saturated carbocycles. The molecule has 1 atom stereocenters. The standard InChI is InChI=1S/C25H31NO.C6H8O7/c1-4-10-20-16-17-23-21(12-9-13-22(23)19-20)11-7-8-18-26(2)24-14-5-6-15-25(24)27-3;7-3(8)1-6(13,5(11)12)2-4(9)10/h5-6,9,12-17,19H,4,7-8,10-11,18H2,1-3H3;13H,1-2H2,(H,7,8)(H,9,10)(H,11,12)/p-2. The second kappa shape index (κ2) is 15.6. The summed E-state index contributed by atoms with van der Waals surface area (Å²) in [6.07, 6.45) is 3.21. The van der Waals surface area contributed by atoms with Crippen molar-refractivity contribution in [3.63, 3.8) is 0 Å². The summed E-state index contributed by atoms with van der Waals surface area (Å²) < 4.78 is 5.50. The van der Waals surface area contributed by atoms with Crippen LogP contribution in [0.3, 0.4) is 0 Å². The fourth-order valence-corrected chi connectivity index (χ4v) is 4.58. The topological polar surface area (TPSA) is 154 Å². The highest BCUT2D eigenvalue weighted by Gasteiger charge is 2.29. The molecule has 0 fully saturated rings. The lowest BCUT2D eigenvalue weighted by molar-refractivity contribution is -0.810. The smallest absolute Gasteiger partial charge is 0.179 e. The van der Waals surface area contributed by atoms with Crippen molar-refractivity contribution in [1.29, 1.82) is 0 Å². The van der Waals surface area contributed by atoms with E-state index in [9.17, 15) is 29.7 Å². The third-order valence-electron chi connectivity index (χ3n) is 6.64. The predicted octanol–water partition coefficient (Wildman–Crippen LogP) is -0.283. The average molecular weight is 552 g/mol. The van der Waals surface area contributed by atoms with Crippen LogP contribution in [0.5, 0.6) is 5.75 Å². The lowest BCUT2D eigenvalue weighted by Crippen LogP contribution is -3.03. The van der Waals surface area contributed by atoms with E-state index in [0.717, 1.165) is 25.1 Å². The van der Waals surface area contributed by atoms with Crippen molar-refractivity contribution >= 4 is 34.4 Å². The van der Waals surface area contributed by atoms with Crippen LogP contribution < -0.4 is 25.0 Å². The van der Waals surface area contributed by atoms with Crippen molar-refractivity contribution in [2.75, 3.05) is 20.7 Å². The zero-order valence-corrected chi connectivity index (χ0v) is 23.2. The molecule has 0 spiro atoms. The van der Waals surface area contributed by atoms with Gasteiger partial charge in [0, 0.05) is 30.8 Å². The predicted molar refractivity (Wildman–Crippen MR) is 144 cm³/mol. The fraction of sp³-hybridized carbons (Fsp3) is 0.387. The molecule has 0 bridgehead atoms. The molecule has 1 unspecified atom stereocenters. The largest absolute Gasteiger partial charge is 0.550 e. The second-order valence-electron chi connectivity index (χ2n) is 9.83. The molecule has 2 N–H and O–H groups in total. The third kappa shape index (κ3) is 9.66. The molecule has 3 rings (SSSR count). The van der Waals surface area contributed by atoms with E-state index in [1.54, 1.807) is 7.11 Å². The van der Waals surface area contributed by atoms with E-state index in [0.29, 0.717) is 0 Å². The minimum absolute atomic E-state index is 0.979. The van der Waals surface area contributed by atoms with Crippen LogP contribution in [0.2, 0.25) is 0 Å². The number of carbonyl (C=O) groups excluding carboxylic acids is 3. The van der Waals surface area contributed by atoms with Crippen LogP contribution in [0.15, 0.2) is 60.7 Å². The fourth-order valence-electron chi connectivity index (χ4n) is 4.58. The summed E-state index contributed by atoms with van der Waals surface area (Å²) in [5, 5.41) is 41.7. The Kier molecular flexibility index (Phi) is 12.6. The van der Waals surface area contributed by atoms with Crippen molar-refractivity contribution in [3.05, 3.63) is 71.8 Å². The minimum atomic E-state index is -2.97. The van der Waals surface area contributed by atoms with Gasteiger partial charge >= 0.3 is 0 Å². The Morgan fingerprint density at radius 2 is 1.57 bits per heavy atom. The van der Waals surface area contributed by atoms with E-state index < -0.39 is 36.4 Å². The molecule has 0 aromatic heterocycles. The number of carboxylic acids is 3.